The van der Waals surface area contributed by atoms with Crippen LogP contribution >= 0.6 is 0 Å². The maximum absolute atomic E-state index is 2.49. The SMILES string of the molecule is CC(C)C1C2CC(C)C(C2)C1C(C)(C)C. The molecule has 2 saturated carbocycles. The summed E-state index contributed by atoms with van der Waals surface area (Å²) in [6, 6.07) is 0. The van der Waals surface area contributed by atoms with Gasteiger partial charge in [0.25, 0.3) is 0 Å². The van der Waals surface area contributed by atoms with E-state index in [1.807, 2.05) is 0 Å². The molecule has 0 heteroatoms. The van der Waals surface area contributed by atoms with Crippen molar-refractivity contribution >= 4 is 0 Å². The molecular formula is C15H28. The van der Waals surface area contributed by atoms with Gasteiger partial charge >= 0.3 is 0 Å². The highest BCUT2D eigenvalue weighted by molar-refractivity contribution is 5.03. The number of rotatable bonds is 1. The Balaban J connectivity index is 2.26. The van der Waals surface area contributed by atoms with Gasteiger partial charge in [-0.2, -0.15) is 0 Å². The highest BCUT2D eigenvalue weighted by Gasteiger charge is 2.54. The Labute approximate surface area is 95.8 Å². The zero-order valence-electron chi connectivity index (χ0n) is 11.4. The quantitative estimate of drug-likeness (QED) is 0.591. The van der Waals surface area contributed by atoms with Gasteiger partial charge < -0.3 is 0 Å². The topological polar surface area (TPSA) is 0 Å². The van der Waals surface area contributed by atoms with E-state index in [0.29, 0.717) is 5.41 Å². The molecule has 2 aliphatic carbocycles. The van der Waals surface area contributed by atoms with Crippen molar-refractivity contribution in [2.45, 2.75) is 54.4 Å². The van der Waals surface area contributed by atoms with E-state index in [4.69, 9.17) is 0 Å². The van der Waals surface area contributed by atoms with Crippen LogP contribution in [-0.4, -0.2) is 0 Å². The summed E-state index contributed by atoms with van der Waals surface area (Å²) in [5, 5.41) is 0. The Hall–Kier alpha value is 0. The summed E-state index contributed by atoms with van der Waals surface area (Å²) in [7, 11) is 0. The molecule has 0 nitrogen and oxygen atoms in total. The van der Waals surface area contributed by atoms with Crippen LogP contribution in [0, 0.1) is 40.9 Å². The van der Waals surface area contributed by atoms with Gasteiger partial charge in [-0.3, -0.25) is 0 Å². The van der Waals surface area contributed by atoms with E-state index in [1.165, 1.54) is 12.8 Å². The maximum atomic E-state index is 2.49. The zero-order valence-corrected chi connectivity index (χ0v) is 11.4. The lowest BCUT2D eigenvalue weighted by atomic mass is 9.61. The second kappa shape index (κ2) is 3.50. The Morgan fingerprint density at radius 1 is 1.07 bits per heavy atom. The molecule has 0 aliphatic heterocycles. The fourth-order valence-corrected chi connectivity index (χ4v) is 4.90. The average molecular weight is 208 g/mol. The van der Waals surface area contributed by atoms with E-state index in [9.17, 15) is 0 Å². The smallest absolute Gasteiger partial charge is 0.0301 e. The molecule has 0 saturated heterocycles. The van der Waals surface area contributed by atoms with Gasteiger partial charge in [0.05, 0.1) is 0 Å². The van der Waals surface area contributed by atoms with Crippen LogP contribution < -0.4 is 0 Å². The van der Waals surface area contributed by atoms with E-state index in [2.05, 4.69) is 41.5 Å². The van der Waals surface area contributed by atoms with Gasteiger partial charge in [-0.15, -0.1) is 0 Å². The van der Waals surface area contributed by atoms with Crippen LogP contribution in [0.25, 0.3) is 0 Å². The van der Waals surface area contributed by atoms with Gasteiger partial charge in [-0.05, 0) is 53.8 Å². The maximum Gasteiger partial charge on any atom is -0.0301 e. The van der Waals surface area contributed by atoms with Gasteiger partial charge in [-0.25, -0.2) is 0 Å². The molecule has 2 fully saturated rings. The molecule has 0 spiro atoms. The summed E-state index contributed by atoms with van der Waals surface area (Å²) in [5.74, 6) is 5.94. The molecule has 2 aliphatic rings. The molecule has 0 N–H and O–H groups in total. The lowest BCUT2D eigenvalue weighted by Gasteiger charge is -2.44. The molecule has 2 bridgehead atoms. The monoisotopic (exact) mass is 208 g/mol. The second-order valence-corrected chi connectivity index (χ2v) is 7.59. The lowest BCUT2D eigenvalue weighted by Crippen LogP contribution is -2.38. The highest BCUT2D eigenvalue weighted by atomic mass is 14.6. The Morgan fingerprint density at radius 2 is 1.67 bits per heavy atom. The van der Waals surface area contributed by atoms with Crippen LogP contribution in [0.3, 0.4) is 0 Å². The standard InChI is InChI=1S/C15H28/c1-9(2)13-11-7-10(3)12(8-11)14(13)15(4,5)6/h9-14H,7-8H2,1-6H3. The number of hydrogen-bond donors (Lipinski definition) is 0. The Morgan fingerprint density at radius 3 is 2.13 bits per heavy atom. The van der Waals surface area contributed by atoms with Crippen molar-refractivity contribution in [2.75, 3.05) is 0 Å². The third-order valence-electron chi connectivity index (χ3n) is 5.17. The largest absolute Gasteiger partial charge is 0.0625 e. The lowest BCUT2D eigenvalue weighted by molar-refractivity contribution is 0.0416. The fraction of sp³-hybridized carbons (Fsp3) is 1.00. The molecule has 0 amide bonds. The van der Waals surface area contributed by atoms with Gasteiger partial charge in [0.2, 0.25) is 0 Å². The Bertz CT molecular complexity index is 233. The summed E-state index contributed by atoms with van der Waals surface area (Å²) in [6.45, 7) is 14.7. The van der Waals surface area contributed by atoms with Crippen molar-refractivity contribution in [2.24, 2.45) is 40.9 Å². The molecule has 15 heavy (non-hydrogen) atoms. The van der Waals surface area contributed by atoms with E-state index < -0.39 is 0 Å². The van der Waals surface area contributed by atoms with Gasteiger partial charge in [0.15, 0.2) is 0 Å². The fourth-order valence-electron chi connectivity index (χ4n) is 4.90. The first-order valence-corrected chi connectivity index (χ1v) is 6.82. The molecule has 0 aromatic carbocycles. The van der Waals surface area contributed by atoms with Crippen LogP contribution in [0.1, 0.15) is 54.4 Å². The summed E-state index contributed by atoms with van der Waals surface area (Å²) in [5.41, 5.74) is 0.517. The summed E-state index contributed by atoms with van der Waals surface area (Å²) >= 11 is 0. The Kier molecular flexibility index (Phi) is 2.68. The van der Waals surface area contributed by atoms with Crippen LogP contribution in [0.4, 0.5) is 0 Å². The molecule has 0 aromatic rings. The van der Waals surface area contributed by atoms with Crippen molar-refractivity contribution in [1.82, 2.24) is 0 Å². The van der Waals surface area contributed by atoms with Crippen molar-refractivity contribution in [3.05, 3.63) is 0 Å². The predicted octanol–water partition coefficient (Wildman–Crippen LogP) is 4.60. The highest BCUT2D eigenvalue weighted by Crippen LogP contribution is 2.61. The van der Waals surface area contributed by atoms with Crippen LogP contribution in [-0.2, 0) is 0 Å². The first-order chi connectivity index (χ1) is 6.82. The van der Waals surface area contributed by atoms with E-state index in [1.54, 1.807) is 0 Å². The van der Waals surface area contributed by atoms with Crippen LogP contribution in [0.2, 0.25) is 0 Å². The first kappa shape index (κ1) is 11.5. The second-order valence-electron chi connectivity index (χ2n) is 7.59. The summed E-state index contributed by atoms with van der Waals surface area (Å²) < 4.78 is 0. The molecule has 0 radical (unpaired) electrons. The normalized spacial score (nSPS) is 45.4. The molecule has 5 atom stereocenters. The molecule has 2 rings (SSSR count). The molecule has 0 aromatic heterocycles. The minimum atomic E-state index is 0.517. The number of fused-ring (bicyclic) bond motifs is 2. The van der Waals surface area contributed by atoms with Gasteiger partial charge in [-0.1, -0.05) is 41.5 Å². The van der Waals surface area contributed by atoms with E-state index in [0.717, 1.165) is 35.5 Å². The summed E-state index contributed by atoms with van der Waals surface area (Å²) in [4.78, 5) is 0. The first-order valence-electron chi connectivity index (χ1n) is 6.82. The zero-order chi connectivity index (χ0) is 11.4. The van der Waals surface area contributed by atoms with Crippen molar-refractivity contribution in [3.8, 4) is 0 Å². The molecule has 88 valence electrons. The van der Waals surface area contributed by atoms with Crippen molar-refractivity contribution < 1.29 is 0 Å². The molecular weight excluding hydrogens is 180 g/mol. The van der Waals surface area contributed by atoms with E-state index >= 15 is 0 Å². The van der Waals surface area contributed by atoms with Crippen LogP contribution in [0.15, 0.2) is 0 Å². The van der Waals surface area contributed by atoms with Crippen molar-refractivity contribution in [3.63, 3.8) is 0 Å². The van der Waals surface area contributed by atoms with E-state index in [-0.39, 0.29) is 0 Å². The average Bonchev–Trinajstić information content (AvgIpc) is 2.56. The van der Waals surface area contributed by atoms with Gasteiger partial charge in [0, 0.05) is 0 Å². The van der Waals surface area contributed by atoms with Gasteiger partial charge in [0.1, 0.15) is 0 Å². The number of hydrogen-bond acceptors (Lipinski definition) is 0. The van der Waals surface area contributed by atoms with Crippen molar-refractivity contribution in [1.29, 1.82) is 0 Å². The minimum absolute atomic E-state index is 0.517. The summed E-state index contributed by atoms with van der Waals surface area (Å²) in [6.07, 6.45) is 3.05. The minimum Gasteiger partial charge on any atom is -0.0625 e. The molecule has 5 unspecified atom stereocenters. The molecule has 0 heterocycles. The predicted molar refractivity (Wildman–Crippen MR) is 66.7 cm³/mol. The van der Waals surface area contributed by atoms with Crippen LogP contribution in [0.5, 0.6) is 0 Å². The third kappa shape index (κ3) is 1.74. The third-order valence-corrected chi connectivity index (χ3v) is 5.17.